The standard InChI is InChI=1S/C19H19NO2/c21-19-20(14-15-22-19)13-7-12-18(16-8-3-1-4-9-16)17-10-5-2-6-11-17/h1-6,8-12H,7,13-15H2. The molecule has 0 spiro atoms. The third-order valence-corrected chi connectivity index (χ3v) is 3.76. The second kappa shape index (κ2) is 6.94. The van der Waals surface area contributed by atoms with Gasteiger partial charge in [-0.25, -0.2) is 4.79 Å². The van der Waals surface area contributed by atoms with Crippen LogP contribution in [0.15, 0.2) is 66.7 Å². The van der Waals surface area contributed by atoms with Crippen molar-refractivity contribution in [3.8, 4) is 0 Å². The summed E-state index contributed by atoms with van der Waals surface area (Å²) in [5, 5.41) is 0. The molecule has 3 nitrogen and oxygen atoms in total. The van der Waals surface area contributed by atoms with Gasteiger partial charge in [-0.1, -0.05) is 66.7 Å². The molecule has 0 bridgehead atoms. The van der Waals surface area contributed by atoms with Gasteiger partial charge >= 0.3 is 6.09 Å². The van der Waals surface area contributed by atoms with Gasteiger partial charge in [-0.2, -0.15) is 0 Å². The lowest BCUT2D eigenvalue weighted by Gasteiger charge is -2.12. The van der Waals surface area contributed by atoms with Gasteiger partial charge in [0.15, 0.2) is 0 Å². The summed E-state index contributed by atoms with van der Waals surface area (Å²) in [4.78, 5) is 13.2. The zero-order valence-corrected chi connectivity index (χ0v) is 12.4. The number of carbonyl (C=O) groups is 1. The van der Waals surface area contributed by atoms with Gasteiger partial charge in [0.25, 0.3) is 0 Å². The maximum absolute atomic E-state index is 11.5. The minimum absolute atomic E-state index is 0.200. The van der Waals surface area contributed by atoms with E-state index >= 15 is 0 Å². The van der Waals surface area contributed by atoms with Gasteiger partial charge in [0.05, 0.1) is 6.54 Å². The highest BCUT2D eigenvalue weighted by atomic mass is 16.6. The van der Waals surface area contributed by atoms with Crippen LogP contribution in [-0.2, 0) is 4.74 Å². The summed E-state index contributed by atoms with van der Waals surface area (Å²) in [5.41, 5.74) is 3.59. The highest BCUT2D eigenvalue weighted by molar-refractivity contribution is 5.79. The van der Waals surface area contributed by atoms with E-state index in [-0.39, 0.29) is 6.09 Å². The van der Waals surface area contributed by atoms with E-state index in [1.165, 1.54) is 16.7 Å². The maximum Gasteiger partial charge on any atom is 0.409 e. The van der Waals surface area contributed by atoms with Gasteiger partial charge in [0, 0.05) is 6.54 Å². The molecule has 0 N–H and O–H groups in total. The molecule has 0 radical (unpaired) electrons. The van der Waals surface area contributed by atoms with Crippen LogP contribution in [0.2, 0.25) is 0 Å². The molecule has 1 amide bonds. The average Bonchev–Trinajstić information content (AvgIpc) is 2.98. The quantitative estimate of drug-likeness (QED) is 0.835. The number of amides is 1. The summed E-state index contributed by atoms with van der Waals surface area (Å²) in [7, 11) is 0. The highest BCUT2D eigenvalue weighted by Crippen LogP contribution is 2.23. The molecule has 3 rings (SSSR count). The topological polar surface area (TPSA) is 29.5 Å². The molecule has 1 aliphatic rings. The average molecular weight is 293 g/mol. The first-order chi connectivity index (χ1) is 10.8. The van der Waals surface area contributed by atoms with Crippen molar-refractivity contribution in [1.29, 1.82) is 0 Å². The van der Waals surface area contributed by atoms with Crippen molar-refractivity contribution < 1.29 is 9.53 Å². The molecule has 2 aromatic carbocycles. The molecule has 0 unspecified atom stereocenters. The summed E-state index contributed by atoms with van der Waals surface area (Å²) in [6.45, 7) is 1.90. The van der Waals surface area contributed by atoms with Crippen LogP contribution in [0.3, 0.4) is 0 Å². The Morgan fingerprint density at radius 1 is 1.00 bits per heavy atom. The first-order valence-electron chi connectivity index (χ1n) is 7.57. The summed E-state index contributed by atoms with van der Waals surface area (Å²) in [6, 6.07) is 20.7. The number of nitrogens with zero attached hydrogens (tertiary/aromatic N) is 1. The number of rotatable bonds is 5. The van der Waals surface area contributed by atoms with Crippen molar-refractivity contribution in [2.45, 2.75) is 6.42 Å². The SMILES string of the molecule is O=C1OCCN1CCC=C(c1ccccc1)c1ccccc1. The molecule has 22 heavy (non-hydrogen) atoms. The molecule has 2 aromatic rings. The van der Waals surface area contributed by atoms with Crippen LogP contribution in [0.1, 0.15) is 17.5 Å². The van der Waals surface area contributed by atoms with Crippen LogP contribution in [0.4, 0.5) is 4.79 Å². The van der Waals surface area contributed by atoms with Crippen LogP contribution in [0, 0.1) is 0 Å². The highest BCUT2D eigenvalue weighted by Gasteiger charge is 2.20. The Kier molecular flexibility index (Phi) is 4.54. The molecule has 0 atom stereocenters. The number of benzene rings is 2. The van der Waals surface area contributed by atoms with Crippen molar-refractivity contribution in [3.05, 3.63) is 77.9 Å². The van der Waals surface area contributed by atoms with Gasteiger partial charge in [-0.3, -0.25) is 0 Å². The van der Waals surface area contributed by atoms with E-state index in [4.69, 9.17) is 4.74 Å². The Balaban J connectivity index is 1.79. The Hall–Kier alpha value is -2.55. The van der Waals surface area contributed by atoms with Crippen LogP contribution >= 0.6 is 0 Å². The van der Waals surface area contributed by atoms with Gasteiger partial charge in [0.2, 0.25) is 0 Å². The fourth-order valence-corrected chi connectivity index (χ4v) is 2.63. The summed E-state index contributed by atoms with van der Waals surface area (Å²) in [5.74, 6) is 0. The third-order valence-electron chi connectivity index (χ3n) is 3.76. The van der Waals surface area contributed by atoms with E-state index in [1.54, 1.807) is 4.90 Å². The van der Waals surface area contributed by atoms with E-state index < -0.39 is 0 Å². The third kappa shape index (κ3) is 3.37. The molecular weight excluding hydrogens is 274 g/mol. The minimum Gasteiger partial charge on any atom is -0.448 e. The van der Waals surface area contributed by atoms with E-state index in [0.717, 1.165) is 6.42 Å². The normalized spacial score (nSPS) is 13.8. The predicted octanol–water partition coefficient (Wildman–Crippen LogP) is 3.96. The van der Waals surface area contributed by atoms with Crippen LogP contribution in [0.5, 0.6) is 0 Å². The first-order valence-corrected chi connectivity index (χ1v) is 7.57. The molecule has 1 fully saturated rings. The number of cyclic esters (lactones) is 1. The number of carbonyl (C=O) groups excluding carboxylic acids is 1. The number of hydrogen-bond donors (Lipinski definition) is 0. The Labute approximate surface area is 130 Å². The van der Waals surface area contributed by atoms with E-state index in [0.29, 0.717) is 19.7 Å². The lowest BCUT2D eigenvalue weighted by atomic mass is 9.97. The molecule has 1 aliphatic heterocycles. The van der Waals surface area contributed by atoms with Gasteiger partial charge < -0.3 is 9.64 Å². The summed E-state index contributed by atoms with van der Waals surface area (Å²) < 4.78 is 4.96. The van der Waals surface area contributed by atoms with E-state index in [2.05, 4.69) is 30.3 Å². The molecular formula is C19H19NO2. The molecule has 112 valence electrons. The molecule has 0 aliphatic carbocycles. The minimum atomic E-state index is -0.200. The van der Waals surface area contributed by atoms with Crippen molar-refractivity contribution in [2.75, 3.05) is 19.7 Å². The second-order valence-corrected chi connectivity index (χ2v) is 5.24. The molecule has 0 saturated carbocycles. The summed E-state index contributed by atoms with van der Waals surface area (Å²) >= 11 is 0. The smallest absolute Gasteiger partial charge is 0.409 e. The van der Waals surface area contributed by atoms with E-state index in [1.807, 2.05) is 36.4 Å². The van der Waals surface area contributed by atoms with Gasteiger partial charge in [-0.05, 0) is 23.1 Å². The fourth-order valence-electron chi connectivity index (χ4n) is 2.63. The predicted molar refractivity (Wildman–Crippen MR) is 87.5 cm³/mol. The summed E-state index contributed by atoms with van der Waals surface area (Å²) in [6.07, 6.45) is 2.82. The van der Waals surface area contributed by atoms with Crippen molar-refractivity contribution >= 4 is 11.7 Å². The monoisotopic (exact) mass is 293 g/mol. The molecule has 1 heterocycles. The first kappa shape index (κ1) is 14.4. The molecule has 3 heteroatoms. The molecule has 0 aromatic heterocycles. The zero-order chi connectivity index (χ0) is 15.2. The fraction of sp³-hybridized carbons (Fsp3) is 0.211. The van der Waals surface area contributed by atoms with Crippen molar-refractivity contribution in [1.82, 2.24) is 4.90 Å². The van der Waals surface area contributed by atoms with Gasteiger partial charge in [0.1, 0.15) is 6.61 Å². The number of ether oxygens (including phenoxy) is 1. The Bertz CT molecular complexity index is 608. The lowest BCUT2D eigenvalue weighted by Crippen LogP contribution is -2.24. The molecule has 1 saturated heterocycles. The van der Waals surface area contributed by atoms with E-state index in [9.17, 15) is 4.79 Å². The van der Waals surface area contributed by atoms with Crippen molar-refractivity contribution in [3.63, 3.8) is 0 Å². The lowest BCUT2D eigenvalue weighted by molar-refractivity contribution is 0.159. The van der Waals surface area contributed by atoms with Crippen LogP contribution < -0.4 is 0 Å². The Morgan fingerprint density at radius 3 is 2.09 bits per heavy atom. The largest absolute Gasteiger partial charge is 0.448 e. The van der Waals surface area contributed by atoms with Crippen molar-refractivity contribution in [2.24, 2.45) is 0 Å². The van der Waals surface area contributed by atoms with Crippen LogP contribution in [-0.4, -0.2) is 30.7 Å². The zero-order valence-electron chi connectivity index (χ0n) is 12.4. The maximum atomic E-state index is 11.5. The second-order valence-electron chi connectivity index (χ2n) is 5.24. The number of hydrogen-bond acceptors (Lipinski definition) is 2. The van der Waals surface area contributed by atoms with Gasteiger partial charge in [-0.15, -0.1) is 0 Å². The Morgan fingerprint density at radius 2 is 1.59 bits per heavy atom. The van der Waals surface area contributed by atoms with Crippen LogP contribution in [0.25, 0.3) is 5.57 Å².